The summed E-state index contributed by atoms with van der Waals surface area (Å²) < 4.78 is 8.86. The molecular formula is C25H31N9O2. The zero-order chi connectivity index (χ0) is 24.9. The molecule has 0 unspecified atom stereocenters. The highest BCUT2D eigenvalue weighted by molar-refractivity contribution is 5.76. The van der Waals surface area contributed by atoms with Gasteiger partial charge in [0.25, 0.3) is 0 Å². The molecule has 1 atom stereocenters. The first-order chi connectivity index (χ1) is 17.6. The van der Waals surface area contributed by atoms with Crippen molar-refractivity contribution in [1.82, 2.24) is 34.4 Å². The van der Waals surface area contributed by atoms with Crippen molar-refractivity contribution >= 4 is 17.5 Å². The van der Waals surface area contributed by atoms with Gasteiger partial charge in [-0.1, -0.05) is 12.8 Å². The summed E-state index contributed by atoms with van der Waals surface area (Å²) >= 11 is 0. The van der Waals surface area contributed by atoms with Crippen LogP contribution in [-0.4, -0.2) is 66.6 Å². The molecule has 0 spiro atoms. The molecule has 1 saturated heterocycles. The molecular weight excluding hydrogens is 458 g/mol. The standard InChI is InChI=1S/C25H31N9O2/c1-18-12-27-25(30-21-14-28-33(16-21)17-23(35)32-8-10-36-11-9-32)31-24(18)20-13-29-34(15-20)22(6-7-26)19-4-2-3-5-19/h12-16,19,22H,2-6,8-11,17H2,1H3,(H,27,30,31)/t22-/m1/s1. The lowest BCUT2D eigenvalue weighted by Gasteiger charge is -2.26. The van der Waals surface area contributed by atoms with Crippen LogP contribution in [0.1, 0.15) is 43.7 Å². The third kappa shape index (κ3) is 5.39. The Bertz CT molecular complexity index is 1230. The molecule has 11 nitrogen and oxygen atoms in total. The molecule has 0 bridgehead atoms. The highest BCUT2D eigenvalue weighted by atomic mass is 16.5. The number of rotatable bonds is 8. The van der Waals surface area contributed by atoms with Gasteiger partial charge in [0.1, 0.15) is 6.54 Å². The van der Waals surface area contributed by atoms with E-state index >= 15 is 0 Å². The number of carbonyl (C=O) groups is 1. The first-order valence-corrected chi connectivity index (χ1v) is 12.5. The molecule has 1 aliphatic heterocycles. The highest BCUT2D eigenvalue weighted by Crippen LogP contribution is 2.36. The van der Waals surface area contributed by atoms with Gasteiger partial charge in [-0.2, -0.15) is 15.5 Å². The van der Waals surface area contributed by atoms with E-state index in [1.807, 2.05) is 24.0 Å². The van der Waals surface area contributed by atoms with Crippen molar-refractivity contribution in [2.45, 2.75) is 51.6 Å². The third-order valence-electron chi connectivity index (χ3n) is 6.98. The maximum absolute atomic E-state index is 12.5. The van der Waals surface area contributed by atoms with Gasteiger partial charge in [-0.15, -0.1) is 0 Å². The number of hydrogen-bond donors (Lipinski definition) is 1. The molecule has 0 radical (unpaired) electrons. The van der Waals surface area contributed by atoms with Crippen LogP contribution in [0.15, 0.2) is 31.0 Å². The number of morpholine rings is 1. The van der Waals surface area contributed by atoms with Gasteiger partial charge >= 0.3 is 0 Å². The Morgan fingerprint density at radius 2 is 2.00 bits per heavy atom. The highest BCUT2D eigenvalue weighted by Gasteiger charge is 2.27. The Morgan fingerprint density at radius 1 is 1.19 bits per heavy atom. The van der Waals surface area contributed by atoms with Crippen molar-refractivity contribution in [3.63, 3.8) is 0 Å². The predicted molar refractivity (Wildman–Crippen MR) is 132 cm³/mol. The second-order valence-corrected chi connectivity index (χ2v) is 9.45. The molecule has 11 heteroatoms. The Morgan fingerprint density at radius 3 is 2.78 bits per heavy atom. The Kier molecular flexibility index (Phi) is 7.23. The number of hydrogen-bond acceptors (Lipinski definition) is 8. The largest absolute Gasteiger partial charge is 0.378 e. The van der Waals surface area contributed by atoms with Crippen LogP contribution in [0.5, 0.6) is 0 Å². The zero-order valence-corrected chi connectivity index (χ0v) is 20.5. The molecule has 3 aromatic heterocycles. The van der Waals surface area contributed by atoms with Crippen molar-refractivity contribution < 1.29 is 9.53 Å². The number of nitrogens with one attached hydrogen (secondary N) is 1. The van der Waals surface area contributed by atoms with Crippen LogP contribution >= 0.6 is 0 Å². The summed E-state index contributed by atoms with van der Waals surface area (Å²) in [6.07, 6.45) is 14.2. The minimum atomic E-state index is 0.0196. The smallest absolute Gasteiger partial charge is 0.244 e. The predicted octanol–water partition coefficient (Wildman–Crippen LogP) is 3.09. The van der Waals surface area contributed by atoms with E-state index in [0.717, 1.165) is 29.7 Å². The second kappa shape index (κ2) is 10.9. The summed E-state index contributed by atoms with van der Waals surface area (Å²) in [5.74, 6) is 0.950. The van der Waals surface area contributed by atoms with Gasteiger partial charge in [0, 0.05) is 37.2 Å². The number of amides is 1. The summed E-state index contributed by atoms with van der Waals surface area (Å²) in [5, 5.41) is 21.5. The molecule has 2 aliphatic rings. The number of carbonyl (C=O) groups excluding carboxylic acids is 1. The lowest BCUT2D eigenvalue weighted by molar-refractivity contribution is -0.136. The van der Waals surface area contributed by atoms with Crippen molar-refractivity contribution in [2.24, 2.45) is 5.92 Å². The van der Waals surface area contributed by atoms with Crippen LogP contribution in [0.4, 0.5) is 11.6 Å². The summed E-state index contributed by atoms with van der Waals surface area (Å²) in [7, 11) is 0. The van der Waals surface area contributed by atoms with Gasteiger partial charge in [0.05, 0.1) is 55.5 Å². The number of aromatic nitrogens is 6. The monoisotopic (exact) mass is 489 g/mol. The van der Waals surface area contributed by atoms with Crippen LogP contribution in [0.25, 0.3) is 11.3 Å². The summed E-state index contributed by atoms with van der Waals surface area (Å²) in [6, 6.07) is 2.43. The van der Waals surface area contributed by atoms with E-state index in [4.69, 9.17) is 9.72 Å². The number of anilines is 2. The summed E-state index contributed by atoms with van der Waals surface area (Å²) in [5.41, 5.74) is 3.32. The van der Waals surface area contributed by atoms with Gasteiger partial charge in [-0.25, -0.2) is 9.97 Å². The maximum Gasteiger partial charge on any atom is 0.244 e. The average molecular weight is 490 g/mol. The van der Waals surface area contributed by atoms with Gasteiger partial charge in [-0.3, -0.25) is 14.2 Å². The third-order valence-corrected chi connectivity index (χ3v) is 6.98. The molecule has 1 amide bonds. The fourth-order valence-corrected chi connectivity index (χ4v) is 5.04. The quantitative estimate of drug-likeness (QED) is 0.511. The molecule has 1 saturated carbocycles. The second-order valence-electron chi connectivity index (χ2n) is 9.45. The first kappa shape index (κ1) is 23.9. The van der Waals surface area contributed by atoms with Crippen LogP contribution in [0.2, 0.25) is 0 Å². The zero-order valence-electron chi connectivity index (χ0n) is 20.5. The van der Waals surface area contributed by atoms with Crippen molar-refractivity contribution in [3.05, 3.63) is 36.5 Å². The van der Waals surface area contributed by atoms with E-state index in [0.29, 0.717) is 50.3 Å². The molecule has 1 aliphatic carbocycles. The Balaban J connectivity index is 1.28. The number of nitriles is 1. The molecule has 2 fully saturated rings. The minimum absolute atomic E-state index is 0.0196. The number of ether oxygens (including phenoxy) is 1. The van der Waals surface area contributed by atoms with Crippen LogP contribution in [-0.2, 0) is 16.1 Å². The summed E-state index contributed by atoms with van der Waals surface area (Å²) in [4.78, 5) is 23.4. The van der Waals surface area contributed by atoms with E-state index < -0.39 is 0 Å². The maximum atomic E-state index is 12.5. The SMILES string of the molecule is Cc1cnc(Nc2cnn(CC(=O)N3CCOCC3)c2)nc1-c1cnn([C@H](CC#N)C2CCCC2)c1. The molecule has 188 valence electrons. The molecule has 5 rings (SSSR count). The van der Waals surface area contributed by atoms with E-state index in [2.05, 4.69) is 26.6 Å². The Hall–Kier alpha value is -3.78. The van der Waals surface area contributed by atoms with Crippen molar-refractivity contribution in [1.29, 1.82) is 5.26 Å². The molecule has 3 aromatic rings. The molecule has 4 heterocycles. The van der Waals surface area contributed by atoms with E-state index in [1.54, 1.807) is 28.2 Å². The van der Waals surface area contributed by atoms with Crippen LogP contribution in [0.3, 0.4) is 0 Å². The van der Waals surface area contributed by atoms with Gasteiger partial charge < -0.3 is 15.0 Å². The van der Waals surface area contributed by atoms with Crippen molar-refractivity contribution in [3.8, 4) is 17.3 Å². The lowest BCUT2D eigenvalue weighted by atomic mass is 9.96. The van der Waals surface area contributed by atoms with Crippen LogP contribution < -0.4 is 5.32 Å². The van der Waals surface area contributed by atoms with Gasteiger partial charge in [0.15, 0.2) is 0 Å². The normalized spacial score (nSPS) is 17.2. The minimum Gasteiger partial charge on any atom is -0.378 e. The molecule has 0 aromatic carbocycles. The number of nitrogens with zero attached hydrogens (tertiary/aromatic N) is 8. The topological polar surface area (TPSA) is 127 Å². The number of aryl methyl sites for hydroxylation is 1. The molecule has 1 N–H and O–H groups in total. The Labute approximate surface area is 210 Å². The van der Waals surface area contributed by atoms with Crippen LogP contribution in [0, 0.1) is 24.2 Å². The fraction of sp³-hybridized carbons (Fsp3) is 0.520. The first-order valence-electron chi connectivity index (χ1n) is 12.5. The summed E-state index contributed by atoms with van der Waals surface area (Å²) in [6.45, 7) is 4.51. The van der Waals surface area contributed by atoms with Gasteiger partial charge in [0.2, 0.25) is 11.9 Å². The molecule has 36 heavy (non-hydrogen) atoms. The lowest BCUT2D eigenvalue weighted by Crippen LogP contribution is -2.42. The average Bonchev–Trinajstić information content (AvgIpc) is 3.67. The van der Waals surface area contributed by atoms with E-state index in [1.165, 1.54) is 12.8 Å². The van der Waals surface area contributed by atoms with E-state index in [9.17, 15) is 10.1 Å². The van der Waals surface area contributed by atoms with Crippen molar-refractivity contribution in [2.75, 3.05) is 31.6 Å². The fourth-order valence-electron chi connectivity index (χ4n) is 5.04. The van der Waals surface area contributed by atoms with E-state index in [-0.39, 0.29) is 18.5 Å². The van der Waals surface area contributed by atoms with Gasteiger partial charge in [-0.05, 0) is 31.2 Å².